The van der Waals surface area contributed by atoms with Crippen LogP contribution in [0.2, 0.25) is 0 Å². The quantitative estimate of drug-likeness (QED) is 0.397. The lowest BCUT2D eigenvalue weighted by Gasteiger charge is -2.35. The fourth-order valence-electron chi connectivity index (χ4n) is 3.30. The number of halogens is 1. The highest BCUT2D eigenvalue weighted by Gasteiger charge is 2.23. The molecule has 0 atom stereocenters. The van der Waals surface area contributed by atoms with E-state index in [2.05, 4.69) is 44.6 Å². The van der Waals surface area contributed by atoms with Gasteiger partial charge >= 0.3 is 6.09 Å². The summed E-state index contributed by atoms with van der Waals surface area (Å²) in [6, 6.07) is 8.34. The van der Waals surface area contributed by atoms with Gasteiger partial charge in [-0.25, -0.2) is 4.79 Å². The number of nitrogens with zero attached hydrogens (tertiary/aromatic N) is 3. The molecule has 0 unspecified atom stereocenters. The number of fused-ring (bicyclic) bond motifs is 1. The molecule has 27 heavy (non-hydrogen) atoms. The second-order valence-corrected chi connectivity index (χ2v) is 6.26. The molecule has 7 nitrogen and oxygen atoms in total. The minimum absolute atomic E-state index is 0. The molecule has 0 bridgehead atoms. The van der Waals surface area contributed by atoms with Gasteiger partial charge in [0.1, 0.15) is 0 Å². The van der Waals surface area contributed by atoms with Crippen LogP contribution in [-0.4, -0.2) is 73.2 Å². The number of carbonyl (C=O) groups is 1. The third kappa shape index (κ3) is 5.27. The molecule has 1 aliphatic rings. The summed E-state index contributed by atoms with van der Waals surface area (Å²) >= 11 is 0. The maximum atomic E-state index is 11.8. The van der Waals surface area contributed by atoms with Crippen LogP contribution in [0.5, 0.6) is 0 Å². The van der Waals surface area contributed by atoms with Crippen LogP contribution < -0.4 is 5.32 Å². The highest BCUT2D eigenvalue weighted by molar-refractivity contribution is 14.0. The summed E-state index contributed by atoms with van der Waals surface area (Å²) in [5.74, 6) is 0.883. The average Bonchev–Trinajstić information content (AvgIpc) is 3.09. The van der Waals surface area contributed by atoms with Gasteiger partial charge in [-0.2, -0.15) is 0 Å². The molecular formula is C19H28IN5O2. The fraction of sp³-hybridized carbons (Fsp3) is 0.474. The van der Waals surface area contributed by atoms with Gasteiger partial charge in [0.15, 0.2) is 5.96 Å². The van der Waals surface area contributed by atoms with Crippen molar-refractivity contribution in [2.24, 2.45) is 4.99 Å². The predicted molar refractivity (Wildman–Crippen MR) is 119 cm³/mol. The lowest BCUT2D eigenvalue weighted by Crippen LogP contribution is -2.54. The summed E-state index contributed by atoms with van der Waals surface area (Å²) < 4.78 is 5.06. The van der Waals surface area contributed by atoms with E-state index in [1.165, 1.54) is 16.5 Å². The van der Waals surface area contributed by atoms with Crippen LogP contribution >= 0.6 is 24.0 Å². The summed E-state index contributed by atoms with van der Waals surface area (Å²) in [5.41, 5.74) is 2.47. The standard InChI is InChI=1S/C19H27N5O2.HI/c1-3-26-19(25)24-12-10-23(11-13-24)18(20-2)21-9-8-15-14-22-17-7-5-4-6-16(15)17;/h4-7,14,22H,3,8-13H2,1-2H3,(H,20,21);1H. The van der Waals surface area contributed by atoms with Crippen molar-refractivity contribution >= 4 is 46.9 Å². The number of aliphatic imine (C=N–C) groups is 1. The number of rotatable bonds is 4. The highest BCUT2D eigenvalue weighted by Crippen LogP contribution is 2.17. The number of aromatic nitrogens is 1. The van der Waals surface area contributed by atoms with Crippen LogP contribution in [0.15, 0.2) is 35.5 Å². The number of para-hydroxylation sites is 1. The summed E-state index contributed by atoms with van der Waals surface area (Å²) in [6.07, 6.45) is 2.77. The first-order chi connectivity index (χ1) is 12.7. The summed E-state index contributed by atoms with van der Waals surface area (Å²) in [4.78, 5) is 23.4. The number of guanidine groups is 1. The molecule has 0 radical (unpaired) electrons. The van der Waals surface area contributed by atoms with Crippen molar-refractivity contribution in [1.29, 1.82) is 0 Å². The third-order valence-corrected chi connectivity index (χ3v) is 4.67. The topological polar surface area (TPSA) is 73.0 Å². The molecule has 1 aliphatic heterocycles. The monoisotopic (exact) mass is 485 g/mol. The van der Waals surface area contributed by atoms with E-state index >= 15 is 0 Å². The van der Waals surface area contributed by atoms with Gasteiger partial charge in [-0.15, -0.1) is 24.0 Å². The van der Waals surface area contributed by atoms with Gasteiger partial charge in [0.2, 0.25) is 0 Å². The van der Waals surface area contributed by atoms with Crippen molar-refractivity contribution in [2.75, 3.05) is 46.4 Å². The molecular weight excluding hydrogens is 457 g/mol. The fourth-order valence-corrected chi connectivity index (χ4v) is 3.30. The molecule has 148 valence electrons. The van der Waals surface area contributed by atoms with E-state index in [1.54, 1.807) is 11.9 Å². The summed E-state index contributed by atoms with van der Waals surface area (Å²) in [6.45, 7) is 5.87. The smallest absolute Gasteiger partial charge is 0.409 e. The number of hydrogen-bond donors (Lipinski definition) is 2. The third-order valence-electron chi connectivity index (χ3n) is 4.67. The number of nitrogens with one attached hydrogen (secondary N) is 2. The maximum absolute atomic E-state index is 11.8. The van der Waals surface area contributed by atoms with Gasteiger partial charge in [-0.05, 0) is 25.0 Å². The zero-order valence-corrected chi connectivity index (χ0v) is 18.2. The number of aromatic amines is 1. The van der Waals surface area contributed by atoms with Gasteiger partial charge in [0.05, 0.1) is 6.61 Å². The molecule has 2 N–H and O–H groups in total. The number of hydrogen-bond acceptors (Lipinski definition) is 3. The SMILES string of the molecule is CCOC(=O)N1CCN(C(=NC)NCCc2c[nH]c3ccccc23)CC1.I. The molecule has 0 spiro atoms. The molecule has 1 aromatic carbocycles. The van der Waals surface area contributed by atoms with Crippen LogP contribution in [0.4, 0.5) is 4.79 Å². The van der Waals surface area contributed by atoms with Gasteiger partial charge in [-0.3, -0.25) is 4.99 Å². The lowest BCUT2D eigenvalue weighted by molar-refractivity contribution is 0.0915. The Balaban J connectivity index is 0.00000261. The van der Waals surface area contributed by atoms with Gasteiger partial charge < -0.3 is 24.8 Å². The number of benzene rings is 1. The van der Waals surface area contributed by atoms with Crippen LogP contribution in [0.3, 0.4) is 0 Å². The van der Waals surface area contributed by atoms with Crippen molar-refractivity contribution in [1.82, 2.24) is 20.1 Å². The molecule has 0 saturated carbocycles. The van der Waals surface area contributed by atoms with Gasteiger partial charge in [0.25, 0.3) is 0 Å². The van der Waals surface area contributed by atoms with Gasteiger partial charge in [0, 0.05) is 56.9 Å². The van der Waals surface area contributed by atoms with Crippen molar-refractivity contribution in [2.45, 2.75) is 13.3 Å². The van der Waals surface area contributed by atoms with Crippen LogP contribution in [-0.2, 0) is 11.2 Å². The predicted octanol–water partition coefficient (Wildman–Crippen LogP) is 2.68. The Morgan fingerprint density at radius 2 is 1.93 bits per heavy atom. The minimum atomic E-state index is -0.227. The highest BCUT2D eigenvalue weighted by atomic mass is 127. The number of H-pyrrole nitrogens is 1. The molecule has 8 heteroatoms. The minimum Gasteiger partial charge on any atom is -0.450 e. The normalized spacial score (nSPS) is 14.8. The number of ether oxygens (including phenoxy) is 1. The number of piperazine rings is 1. The molecule has 2 heterocycles. The second kappa shape index (κ2) is 10.4. The Labute approximate surface area is 177 Å². The zero-order valence-electron chi connectivity index (χ0n) is 15.9. The van der Waals surface area contributed by atoms with Crippen molar-refractivity contribution in [3.05, 3.63) is 36.0 Å². The van der Waals surface area contributed by atoms with E-state index < -0.39 is 0 Å². The van der Waals surface area contributed by atoms with Crippen LogP contribution in [0.1, 0.15) is 12.5 Å². The Kier molecular flexibility index (Phi) is 8.21. The Bertz CT molecular complexity index is 768. The first-order valence-electron chi connectivity index (χ1n) is 9.15. The van der Waals surface area contributed by atoms with Crippen LogP contribution in [0, 0.1) is 0 Å². The van der Waals surface area contributed by atoms with E-state index in [1.807, 2.05) is 13.0 Å². The van der Waals surface area contributed by atoms with E-state index in [4.69, 9.17) is 4.74 Å². The van der Waals surface area contributed by atoms with E-state index in [9.17, 15) is 4.79 Å². The Hall–Kier alpha value is -1.97. The lowest BCUT2D eigenvalue weighted by atomic mass is 10.1. The number of amides is 1. The van der Waals surface area contributed by atoms with Crippen LogP contribution in [0.25, 0.3) is 10.9 Å². The first kappa shape index (κ1) is 21.3. The number of carbonyl (C=O) groups excluding carboxylic acids is 1. The molecule has 0 aliphatic carbocycles. The van der Waals surface area contributed by atoms with Gasteiger partial charge in [-0.1, -0.05) is 18.2 Å². The maximum Gasteiger partial charge on any atom is 0.409 e. The molecule has 3 rings (SSSR count). The average molecular weight is 485 g/mol. The molecule has 1 saturated heterocycles. The Morgan fingerprint density at radius 3 is 2.63 bits per heavy atom. The largest absolute Gasteiger partial charge is 0.450 e. The Morgan fingerprint density at radius 1 is 1.22 bits per heavy atom. The van der Waals surface area contributed by atoms with E-state index in [0.29, 0.717) is 19.7 Å². The van der Waals surface area contributed by atoms with Crippen molar-refractivity contribution < 1.29 is 9.53 Å². The molecule has 1 aromatic heterocycles. The molecule has 1 fully saturated rings. The summed E-state index contributed by atoms with van der Waals surface area (Å²) in [5, 5.41) is 4.71. The van der Waals surface area contributed by atoms with Crippen molar-refractivity contribution in [3.63, 3.8) is 0 Å². The van der Waals surface area contributed by atoms with Crippen molar-refractivity contribution in [3.8, 4) is 0 Å². The zero-order chi connectivity index (χ0) is 18.4. The van der Waals surface area contributed by atoms with E-state index in [-0.39, 0.29) is 30.1 Å². The van der Waals surface area contributed by atoms with E-state index in [0.717, 1.165) is 32.0 Å². The molecule has 1 amide bonds. The first-order valence-corrected chi connectivity index (χ1v) is 9.15. The summed E-state index contributed by atoms with van der Waals surface area (Å²) in [7, 11) is 1.80. The second-order valence-electron chi connectivity index (χ2n) is 6.26. The molecule has 2 aromatic rings.